The van der Waals surface area contributed by atoms with Crippen molar-refractivity contribution in [2.75, 3.05) is 19.6 Å². The summed E-state index contributed by atoms with van der Waals surface area (Å²) < 4.78 is 0.846. The van der Waals surface area contributed by atoms with Crippen molar-refractivity contribution in [2.24, 2.45) is 0 Å². The lowest BCUT2D eigenvalue weighted by Crippen LogP contribution is -2.42. The van der Waals surface area contributed by atoms with Crippen LogP contribution in [0, 0.1) is 0 Å². The van der Waals surface area contributed by atoms with Crippen LogP contribution in [0.2, 0.25) is 0 Å². The first-order valence-corrected chi connectivity index (χ1v) is 7.74. The van der Waals surface area contributed by atoms with Gasteiger partial charge in [0.05, 0.1) is 5.56 Å². The summed E-state index contributed by atoms with van der Waals surface area (Å²) in [5.41, 5.74) is 0.703. The van der Waals surface area contributed by atoms with Crippen molar-refractivity contribution >= 4 is 21.8 Å². The molecule has 1 amide bonds. The molecular weight excluding hydrogens is 304 g/mol. The number of nitrogens with one attached hydrogen (secondary N) is 1. The van der Waals surface area contributed by atoms with Crippen molar-refractivity contribution in [3.63, 3.8) is 0 Å². The Labute approximate surface area is 123 Å². The number of carbonyl (C=O) groups excluding carboxylic acids is 1. The highest BCUT2D eigenvalue weighted by Gasteiger charge is 2.17. The van der Waals surface area contributed by atoms with Gasteiger partial charge in [0.25, 0.3) is 5.91 Å². The minimum Gasteiger partial charge on any atom is -0.351 e. The number of hydrogen-bond acceptors (Lipinski definition) is 2. The molecule has 1 saturated heterocycles. The Morgan fingerprint density at radius 1 is 1.42 bits per heavy atom. The maximum Gasteiger partial charge on any atom is 0.252 e. The molecule has 0 spiro atoms. The van der Waals surface area contributed by atoms with Crippen LogP contribution in [0.5, 0.6) is 0 Å². The normalized spacial score (nSPS) is 20.2. The van der Waals surface area contributed by atoms with Crippen LogP contribution in [-0.2, 0) is 0 Å². The van der Waals surface area contributed by atoms with Crippen molar-refractivity contribution in [1.82, 2.24) is 10.2 Å². The maximum atomic E-state index is 12.0. The minimum absolute atomic E-state index is 0.00265. The average molecular weight is 325 g/mol. The second-order valence-electron chi connectivity index (χ2n) is 5.12. The van der Waals surface area contributed by atoms with Gasteiger partial charge in [0.15, 0.2) is 0 Å². The maximum absolute atomic E-state index is 12.0. The molecule has 0 bridgehead atoms. The molecule has 1 heterocycles. The number of hydrogen-bond donors (Lipinski definition) is 1. The molecule has 1 N–H and O–H groups in total. The van der Waals surface area contributed by atoms with Gasteiger partial charge in [0.2, 0.25) is 0 Å². The van der Waals surface area contributed by atoms with Crippen molar-refractivity contribution in [1.29, 1.82) is 0 Å². The van der Waals surface area contributed by atoms with Gasteiger partial charge in [-0.15, -0.1) is 0 Å². The Balaban J connectivity index is 1.79. The van der Waals surface area contributed by atoms with E-state index >= 15 is 0 Å². The fourth-order valence-electron chi connectivity index (χ4n) is 2.54. The Morgan fingerprint density at radius 2 is 2.21 bits per heavy atom. The first-order chi connectivity index (χ1) is 9.18. The van der Waals surface area contributed by atoms with Crippen LogP contribution >= 0.6 is 15.9 Å². The van der Waals surface area contributed by atoms with Crippen molar-refractivity contribution in [2.45, 2.75) is 32.2 Å². The highest BCUT2D eigenvalue weighted by Crippen LogP contribution is 2.16. The first-order valence-electron chi connectivity index (χ1n) is 6.95. The van der Waals surface area contributed by atoms with Crippen LogP contribution in [-0.4, -0.2) is 36.5 Å². The van der Waals surface area contributed by atoms with Gasteiger partial charge in [-0.1, -0.05) is 18.6 Å². The standard InChI is InChI=1S/C15H21BrN2O/c1-12-6-4-5-10-18(12)11-9-17-15(19)13-7-2-3-8-14(13)16/h2-3,7-8,12H,4-6,9-11H2,1H3,(H,17,19). The van der Waals surface area contributed by atoms with Gasteiger partial charge in [-0.2, -0.15) is 0 Å². The highest BCUT2D eigenvalue weighted by atomic mass is 79.9. The first kappa shape index (κ1) is 14.5. The van der Waals surface area contributed by atoms with Crippen LogP contribution in [0.15, 0.2) is 28.7 Å². The van der Waals surface area contributed by atoms with E-state index in [2.05, 4.69) is 33.1 Å². The fraction of sp³-hybridized carbons (Fsp3) is 0.533. The number of amides is 1. The van der Waals surface area contributed by atoms with Crippen molar-refractivity contribution in [3.8, 4) is 0 Å². The van der Waals surface area contributed by atoms with Crippen LogP contribution < -0.4 is 5.32 Å². The topological polar surface area (TPSA) is 32.3 Å². The zero-order valence-corrected chi connectivity index (χ0v) is 12.9. The smallest absolute Gasteiger partial charge is 0.252 e. The molecule has 1 atom stereocenters. The van der Waals surface area contributed by atoms with Crippen LogP contribution in [0.3, 0.4) is 0 Å². The molecule has 1 aliphatic rings. The minimum atomic E-state index is -0.00265. The second kappa shape index (κ2) is 7.06. The molecule has 19 heavy (non-hydrogen) atoms. The van der Waals surface area contributed by atoms with E-state index in [1.54, 1.807) is 0 Å². The van der Waals surface area contributed by atoms with E-state index in [9.17, 15) is 4.79 Å². The monoisotopic (exact) mass is 324 g/mol. The summed E-state index contributed by atoms with van der Waals surface area (Å²) in [5.74, 6) is -0.00265. The molecular formula is C15H21BrN2O. The Kier molecular flexibility index (Phi) is 5.40. The number of likely N-dealkylation sites (tertiary alicyclic amines) is 1. The Morgan fingerprint density at radius 3 is 2.95 bits per heavy atom. The van der Waals surface area contributed by atoms with Gasteiger partial charge in [0, 0.05) is 23.6 Å². The van der Waals surface area contributed by atoms with E-state index in [-0.39, 0.29) is 5.91 Å². The van der Waals surface area contributed by atoms with E-state index < -0.39 is 0 Å². The fourth-order valence-corrected chi connectivity index (χ4v) is 3.01. The summed E-state index contributed by atoms with van der Waals surface area (Å²) >= 11 is 3.40. The zero-order valence-electron chi connectivity index (χ0n) is 11.4. The summed E-state index contributed by atoms with van der Waals surface area (Å²) in [5, 5.41) is 3.00. The lowest BCUT2D eigenvalue weighted by molar-refractivity contribution is 0.0937. The number of benzene rings is 1. The third kappa shape index (κ3) is 4.05. The molecule has 2 rings (SSSR count). The molecule has 0 aromatic heterocycles. The summed E-state index contributed by atoms with van der Waals surface area (Å²) in [4.78, 5) is 14.5. The molecule has 1 unspecified atom stereocenters. The number of halogens is 1. The van der Waals surface area contributed by atoms with Gasteiger partial charge in [-0.05, 0) is 54.4 Å². The molecule has 0 saturated carbocycles. The third-order valence-electron chi connectivity index (χ3n) is 3.74. The third-order valence-corrected chi connectivity index (χ3v) is 4.44. The number of nitrogens with zero attached hydrogens (tertiary/aromatic N) is 1. The van der Waals surface area contributed by atoms with E-state index in [1.807, 2.05) is 24.3 Å². The number of piperidine rings is 1. The summed E-state index contributed by atoms with van der Waals surface area (Å²) in [6.45, 7) is 5.09. The van der Waals surface area contributed by atoms with Crippen LogP contribution in [0.4, 0.5) is 0 Å². The van der Waals surface area contributed by atoms with E-state index in [1.165, 1.54) is 19.3 Å². The van der Waals surface area contributed by atoms with E-state index in [0.29, 0.717) is 18.2 Å². The molecule has 3 nitrogen and oxygen atoms in total. The second-order valence-corrected chi connectivity index (χ2v) is 5.97. The Hall–Kier alpha value is -0.870. The molecule has 0 aliphatic carbocycles. The summed E-state index contributed by atoms with van der Waals surface area (Å²) in [6, 6.07) is 8.17. The van der Waals surface area contributed by atoms with Gasteiger partial charge in [-0.25, -0.2) is 0 Å². The lowest BCUT2D eigenvalue weighted by atomic mass is 10.0. The van der Waals surface area contributed by atoms with Gasteiger partial charge >= 0.3 is 0 Å². The lowest BCUT2D eigenvalue weighted by Gasteiger charge is -2.33. The average Bonchev–Trinajstić information content (AvgIpc) is 2.41. The van der Waals surface area contributed by atoms with Crippen LogP contribution in [0.25, 0.3) is 0 Å². The molecule has 1 aromatic carbocycles. The van der Waals surface area contributed by atoms with Gasteiger partial charge in [-0.3, -0.25) is 9.69 Å². The van der Waals surface area contributed by atoms with Gasteiger partial charge in [0.1, 0.15) is 0 Å². The molecule has 104 valence electrons. The summed E-state index contributed by atoms with van der Waals surface area (Å²) in [7, 11) is 0. The van der Waals surface area contributed by atoms with Crippen molar-refractivity contribution in [3.05, 3.63) is 34.3 Å². The van der Waals surface area contributed by atoms with Crippen LogP contribution in [0.1, 0.15) is 36.5 Å². The van der Waals surface area contributed by atoms with E-state index in [0.717, 1.165) is 17.6 Å². The van der Waals surface area contributed by atoms with E-state index in [4.69, 9.17) is 0 Å². The molecule has 1 aliphatic heterocycles. The Bertz CT molecular complexity index is 436. The zero-order chi connectivity index (χ0) is 13.7. The number of rotatable bonds is 4. The molecule has 1 fully saturated rings. The SMILES string of the molecule is CC1CCCCN1CCNC(=O)c1ccccc1Br. The quantitative estimate of drug-likeness (QED) is 0.923. The predicted molar refractivity (Wildman–Crippen MR) is 81.4 cm³/mol. The largest absolute Gasteiger partial charge is 0.351 e. The molecule has 1 aromatic rings. The predicted octanol–water partition coefficient (Wildman–Crippen LogP) is 3.05. The molecule has 4 heteroatoms. The van der Waals surface area contributed by atoms with Gasteiger partial charge < -0.3 is 5.32 Å². The van der Waals surface area contributed by atoms with Crippen molar-refractivity contribution < 1.29 is 4.79 Å². The number of carbonyl (C=O) groups is 1. The summed E-state index contributed by atoms with van der Waals surface area (Å²) in [6.07, 6.45) is 3.89. The highest BCUT2D eigenvalue weighted by molar-refractivity contribution is 9.10. The molecule has 0 radical (unpaired) electrons.